The molecule has 4 heteroatoms. The smallest absolute Gasteiger partial charge is 0.0644 e. The molecule has 0 amide bonds. The van der Waals surface area contributed by atoms with Gasteiger partial charge in [-0.1, -0.05) is 90.1 Å². The van der Waals surface area contributed by atoms with Crippen molar-refractivity contribution in [1.29, 1.82) is 0 Å². The number of nitrogens with zero attached hydrogens (tertiary/aromatic N) is 4. The molecule has 0 aliphatic rings. The molecule has 50 heavy (non-hydrogen) atoms. The van der Waals surface area contributed by atoms with Crippen molar-refractivity contribution >= 4 is 66.4 Å². The lowest BCUT2D eigenvalue weighted by atomic mass is 9.87. The van der Waals surface area contributed by atoms with Gasteiger partial charge in [0.25, 0.3) is 0 Å². The summed E-state index contributed by atoms with van der Waals surface area (Å²) in [7, 11) is 0. The fourth-order valence-electron chi connectivity index (χ4n) is 7.15. The second-order valence-corrected chi connectivity index (χ2v) is 15.4. The number of benzene rings is 6. The van der Waals surface area contributed by atoms with Gasteiger partial charge >= 0.3 is 0 Å². The van der Waals surface area contributed by atoms with Crippen molar-refractivity contribution in [2.75, 3.05) is 9.80 Å². The van der Waals surface area contributed by atoms with Crippen LogP contribution in [-0.4, -0.2) is 9.97 Å². The second kappa shape index (κ2) is 12.0. The Bertz CT molecular complexity index is 2180. The van der Waals surface area contributed by atoms with Gasteiger partial charge < -0.3 is 9.80 Å². The van der Waals surface area contributed by atoms with Gasteiger partial charge in [-0.15, -0.1) is 0 Å². The molecule has 0 fully saturated rings. The van der Waals surface area contributed by atoms with E-state index in [0.29, 0.717) is 0 Å². The maximum Gasteiger partial charge on any atom is 0.0644 e. The van der Waals surface area contributed by atoms with Crippen molar-refractivity contribution in [1.82, 2.24) is 9.97 Å². The molecule has 0 atom stereocenters. The Morgan fingerprint density at radius 3 is 1.00 bits per heavy atom. The maximum atomic E-state index is 4.49. The van der Waals surface area contributed by atoms with Gasteiger partial charge in [-0.05, 0) is 127 Å². The zero-order valence-corrected chi connectivity index (χ0v) is 29.6. The minimum absolute atomic E-state index is 0.0834. The van der Waals surface area contributed by atoms with E-state index in [1.54, 1.807) is 0 Å². The molecule has 0 unspecified atom stereocenters. The van der Waals surface area contributed by atoms with Gasteiger partial charge in [-0.3, -0.25) is 9.97 Å². The Kier molecular flexibility index (Phi) is 7.56. The normalized spacial score (nSPS) is 12.2. The standard InChI is InChI=1S/C46H42N4/c1-45(2,3)35-15-19-37(20-16-35)49(39-9-7-23-47-29-39)41-25-31-11-13-33-27-42(28-34-14-12-32(26-41)43(31)44(33)34)50(40-10-8-24-48-30-40)38-21-17-36(18-22-38)46(4,5)6/h7-30H,1-6H3. The summed E-state index contributed by atoms with van der Waals surface area (Å²) >= 11 is 0. The second-order valence-electron chi connectivity index (χ2n) is 15.4. The van der Waals surface area contributed by atoms with Gasteiger partial charge in [0, 0.05) is 35.1 Å². The Labute approximate surface area is 295 Å². The van der Waals surface area contributed by atoms with Crippen LogP contribution < -0.4 is 9.80 Å². The number of hydrogen-bond acceptors (Lipinski definition) is 4. The first-order valence-corrected chi connectivity index (χ1v) is 17.4. The lowest BCUT2D eigenvalue weighted by Gasteiger charge is -2.28. The topological polar surface area (TPSA) is 32.3 Å². The summed E-state index contributed by atoms with van der Waals surface area (Å²) in [6.45, 7) is 13.5. The molecule has 6 aromatic carbocycles. The Morgan fingerprint density at radius 2 is 0.720 bits per heavy atom. The third-order valence-electron chi connectivity index (χ3n) is 9.81. The molecule has 8 aromatic rings. The predicted octanol–water partition coefficient (Wildman–Crippen LogP) is 12.9. The Hall–Kier alpha value is -5.74. The summed E-state index contributed by atoms with van der Waals surface area (Å²) in [6, 6.07) is 44.5. The summed E-state index contributed by atoms with van der Waals surface area (Å²) < 4.78 is 0. The Balaban J connectivity index is 1.26. The van der Waals surface area contributed by atoms with Crippen LogP contribution in [0.2, 0.25) is 0 Å². The van der Waals surface area contributed by atoms with Crippen LogP contribution in [0.5, 0.6) is 0 Å². The molecule has 246 valence electrons. The number of hydrogen-bond donors (Lipinski definition) is 0. The minimum Gasteiger partial charge on any atom is -0.309 e. The molecule has 0 N–H and O–H groups in total. The molecule has 0 aliphatic heterocycles. The zero-order chi connectivity index (χ0) is 34.6. The van der Waals surface area contributed by atoms with E-state index in [9.17, 15) is 0 Å². The van der Waals surface area contributed by atoms with E-state index >= 15 is 0 Å². The maximum absolute atomic E-state index is 4.49. The SMILES string of the molecule is CC(C)(C)c1ccc(N(c2cccnc2)c2cc3ccc4cc(N(c5ccc(C(C)(C)C)cc5)c5cccnc5)cc5ccc(c2)c3c45)cc1. The monoisotopic (exact) mass is 650 g/mol. The third kappa shape index (κ3) is 5.71. The number of rotatable bonds is 6. The van der Waals surface area contributed by atoms with Crippen molar-refractivity contribution in [3.8, 4) is 0 Å². The van der Waals surface area contributed by atoms with Crippen LogP contribution in [0.4, 0.5) is 34.1 Å². The van der Waals surface area contributed by atoms with Crippen molar-refractivity contribution in [2.24, 2.45) is 0 Å². The van der Waals surface area contributed by atoms with Gasteiger partial charge in [0.1, 0.15) is 0 Å². The fraction of sp³-hybridized carbons (Fsp3) is 0.174. The quantitative estimate of drug-likeness (QED) is 0.168. The van der Waals surface area contributed by atoms with Gasteiger partial charge in [-0.2, -0.15) is 0 Å². The molecule has 0 spiro atoms. The lowest BCUT2D eigenvalue weighted by molar-refractivity contribution is 0.590. The summed E-state index contributed by atoms with van der Waals surface area (Å²) in [6.07, 6.45) is 7.53. The number of aromatic nitrogens is 2. The fourth-order valence-corrected chi connectivity index (χ4v) is 7.15. The van der Waals surface area contributed by atoms with Crippen LogP contribution in [-0.2, 0) is 10.8 Å². The molecule has 0 radical (unpaired) electrons. The van der Waals surface area contributed by atoms with E-state index in [2.05, 4.69) is 171 Å². The highest BCUT2D eigenvalue weighted by molar-refractivity contribution is 6.24. The number of pyridine rings is 2. The third-order valence-corrected chi connectivity index (χ3v) is 9.81. The van der Waals surface area contributed by atoms with E-state index in [4.69, 9.17) is 0 Å². The summed E-state index contributed by atoms with van der Waals surface area (Å²) in [5, 5.41) is 7.42. The largest absolute Gasteiger partial charge is 0.309 e. The highest BCUT2D eigenvalue weighted by Crippen LogP contribution is 2.44. The van der Waals surface area contributed by atoms with Gasteiger partial charge in [-0.25, -0.2) is 0 Å². The van der Waals surface area contributed by atoms with Crippen molar-refractivity contribution < 1.29 is 0 Å². The van der Waals surface area contributed by atoms with Crippen LogP contribution >= 0.6 is 0 Å². The molecule has 0 bridgehead atoms. The van der Waals surface area contributed by atoms with Crippen molar-refractivity contribution in [3.05, 3.63) is 157 Å². The van der Waals surface area contributed by atoms with E-state index in [1.807, 2.05) is 36.9 Å². The lowest BCUT2D eigenvalue weighted by Crippen LogP contribution is -2.13. The Morgan fingerprint density at radius 1 is 0.380 bits per heavy atom. The minimum atomic E-state index is 0.0834. The zero-order valence-electron chi connectivity index (χ0n) is 29.6. The highest BCUT2D eigenvalue weighted by Gasteiger charge is 2.21. The average Bonchev–Trinajstić information content (AvgIpc) is 3.11. The number of anilines is 6. The first-order valence-electron chi connectivity index (χ1n) is 17.4. The van der Waals surface area contributed by atoms with Gasteiger partial charge in [0.15, 0.2) is 0 Å². The van der Waals surface area contributed by atoms with Crippen LogP contribution in [0.25, 0.3) is 32.3 Å². The molecule has 0 saturated heterocycles. The predicted molar refractivity (Wildman–Crippen MR) is 213 cm³/mol. The van der Waals surface area contributed by atoms with Crippen LogP contribution in [0.3, 0.4) is 0 Å². The molecule has 0 aliphatic carbocycles. The van der Waals surface area contributed by atoms with E-state index in [0.717, 1.165) is 34.1 Å². The molecule has 2 heterocycles. The van der Waals surface area contributed by atoms with Crippen molar-refractivity contribution in [2.45, 2.75) is 52.4 Å². The van der Waals surface area contributed by atoms with Gasteiger partial charge in [0.05, 0.1) is 23.8 Å². The summed E-state index contributed by atoms with van der Waals surface area (Å²) in [5.74, 6) is 0. The average molecular weight is 651 g/mol. The van der Waals surface area contributed by atoms with Crippen LogP contribution in [0.1, 0.15) is 52.7 Å². The molecule has 4 nitrogen and oxygen atoms in total. The molecule has 2 aromatic heterocycles. The van der Waals surface area contributed by atoms with E-state index in [-0.39, 0.29) is 10.8 Å². The van der Waals surface area contributed by atoms with Crippen molar-refractivity contribution in [3.63, 3.8) is 0 Å². The van der Waals surface area contributed by atoms with Crippen LogP contribution in [0, 0.1) is 0 Å². The molecular weight excluding hydrogens is 609 g/mol. The first-order chi connectivity index (χ1) is 24.0. The summed E-state index contributed by atoms with van der Waals surface area (Å²) in [4.78, 5) is 13.6. The molecule has 0 saturated carbocycles. The van der Waals surface area contributed by atoms with E-state index < -0.39 is 0 Å². The van der Waals surface area contributed by atoms with Crippen LogP contribution in [0.15, 0.2) is 146 Å². The summed E-state index contributed by atoms with van der Waals surface area (Å²) in [5.41, 5.74) is 9.27. The van der Waals surface area contributed by atoms with E-state index in [1.165, 1.54) is 43.4 Å². The molecular formula is C46H42N4. The first kappa shape index (κ1) is 31.5. The molecule has 8 rings (SSSR count). The van der Waals surface area contributed by atoms with Gasteiger partial charge in [0.2, 0.25) is 0 Å². The highest BCUT2D eigenvalue weighted by atomic mass is 15.2.